The molecule has 1 aromatic heterocycles. The van der Waals surface area contributed by atoms with Crippen molar-refractivity contribution >= 4 is 0 Å². The van der Waals surface area contributed by atoms with E-state index in [4.69, 9.17) is 10.2 Å². The zero-order valence-electron chi connectivity index (χ0n) is 8.41. The molecule has 0 aliphatic heterocycles. The van der Waals surface area contributed by atoms with Gasteiger partial charge in [0.05, 0.1) is 6.26 Å². The van der Waals surface area contributed by atoms with E-state index in [-0.39, 0.29) is 5.41 Å². The van der Waals surface area contributed by atoms with E-state index in [0.29, 0.717) is 0 Å². The van der Waals surface area contributed by atoms with Gasteiger partial charge in [0.25, 0.3) is 0 Å². The molecule has 1 aliphatic rings. The normalized spacial score (nSPS) is 26.6. The summed E-state index contributed by atoms with van der Waals surface area (Å²) in [5.74, 6) is 1.06. The lowest BCUT2D eigenvalue weighted by atomic mass is 9.74. The first-order valence-corrected chi connectivity index (χ1v) is 5.22. The summed E-state index contributed by atoms with van der Waals surface area (Å²) >= 11 is 0. The molecule has 0 fully saturated rings. The summed E-state index contributed by atoms with van der Waals surface area (Å²) in [5.41, 5.74) is 6.12. The SMILES string of the molecule is NCC1(Cc2ccco2)CC=CCC1. The van der Waals surface area contributed by atoms with Crippen molar-refractivity contribution in [2.75, 3.05) is 6.54 Å². The highest BCUT2D eigenvalue weighted by atomic mass is 16.3. The smallest absolute Gasteiger partial charge is 0.104 e. The molecule has 0 aromatic carbocycles. The van der Waals surface area contributed by atoms with Crippen LogP contribution in [-0.4, -0.2) is 6.54 Å². The van der Waals surface area contributed by atoms with Gasteiger partial charge in [0.15, 0.2) is 0 Å². The Morgan fingerprint density at radius 1 is 1.43 bits per heavy atom. The summed E-state index contributed by atoms with van der Waals surface area (Å²) in [6, 6.07) is 3.98. The van der Waals surface area contributed by atoms with Gasteiger partial charge < -0.3 is 10.2 Å². The Balaban J connectivity index is 2.09. The van der Waals surface area contributed by atoms with Gasteiger partial charge in [-0.05, 0) is 43.4 Å². The van der Waals surface area contributed by atoms with Crippen molar-refractivity contribution in [2.45, 2.75) is 25.7 Å². The molecular weight excluding hydrogens is 174 g/mol. The van der Waals surface area contributed by atoms with Crippen molar-refractivity contribution < 1.29 is 4.42 Å². The van der Waals surface area contributed by atoms with Gasteiger partial charge in [0, 0.05) is 6.42 Å². The average molecular weight is 191 g/mol. The predicted molar refractivity (Wildman–Crippen MR) is 56.9 cm³/mol. The van der Waals surface area contributed by atoms with Crippen LogP contribution in [0.15, 0.2) is 35.0 Å². The Kier molecular flexibility index (Phi) is 2.73. The molecule has 2 nitrogen and oxygen atoms in total. The zero-order valence-corrected chi connectivity index (χ0v) is 8.41. The molecule has 2 rings (SSSR count). The third kappa shape index (κ3) is 1.90. The van der Waals surface area contributed by atoms with Crippen LogP contribution in [-0.2, 0) is 6.42 Å². The Morgan fingerprint density at radius 3 is 2.93 bits per heavy atom. The molecule has 1 unspecified atom stereocenters. The molecule has 2 N–H and O–H groups in total. The quantitative estimate of drug-likeness (QED) is 0.745. The predicted octanol–water partition coefficient (Wildman–Crippen LogP) is 2.51. The third-order valence-electron chi connectivity index (χ3n) is 3.12. The highest BCUT2D eigenvalue weighted by Gasteiger charge is 2.29. The fraction of sp³-hybridized carbons (Fsp3) is 0.500. The van der Waals surface area contributed by atoms with Crippen LogP contribution >= 0.6 is 0 Å². The maximum Gasteiger partial charge on any atom is 0.104 e. The number of nitrogens with two attached hydrogens (primary N) is 1. The van der Waals surface area contributed by atoms with Crippen molar-refractivity contribution in [3.63, 3.8) is 0 Å². The summed E-state index contributed by atoms with van der Waals surface area (Å²) in [7, 11) is 0. The topological polar surface area (TPSA) is 39.2 Å². The molecule has 1 heterocycles. The Hall–Kier alpha value is -1.02. The number of hydrogen-bond donors (Lipinski definition) is 1. The first-order chi connectivity index (χ1) is 6.85. The molecule has 0 radical (unpaired) electrons. The lowest BCUT2D eigenvalue weighted by molar-refractivity contribution is 0.247. The molecule has 0 spiro atoms. The van der Waals surface area contributed by atoms with Crippen molar-refractivity contribution in [3.8, 4) is 0 Å². The number of hydrogen-bond acceptors (Lipinski definition) is 2. The van der Waals surface area contributed by atoms with Crippen LogP contribution in [0.1, 0.15) is 25.0 Å². The van der Waals surface area contributed by atoms with Crippen molar-refractivity contribution in [3.05, 3.63) is 36.3 Å². The Morgan fingerprint density at radius 2 is 2.36 bits per heavy atom. The molecule has 1 aliphatic carbocycles. The third-order valence-corrected chi connectivity index (χ3v) is 3.12. The molecule has 0 bridgehead atoms. The first kappa shape index (κ1) is 9.53. The van der Waals surface area contributed by atoms with Crippen LogP contribution in [0.25, 0.3) is 0 Å². The number of rotatable bonds is 3. The molecule has 2 heteroatoms. The van der Waals surface area contributed by atoms with E-state index in [2.05, 4.69) is 12.2 Å². The summed E-state index contributed by atoms with van der Waals surface area (Å²) in [6.45, 7) is 0.748. The van der Waals surface area contributed by atoms with Crippen LogP contribution in [0.5, 0.6) is 0 Å². The minimum Gasteiger partial charge on any atom is -0.469 e. The summed E-state index contributed by atoms with van der Waals surface area (Å²) in [5, 5.41) is 0. The van der Waals surface area contributed by atoms with E-state index in [1.165, 1.54) is 6.42 Å². The van der Waals surface area contributed by atoms with Gasteiger partial charge >= 0.3 is 0 Å². The van der Waals surface area contributed by atoms with Gasteiger partial charge in [-0.1, -0.05) is 12.2 Å². The van der Waals surface area contributed by atoms with Gasteiger partial charge in [0.1, 0.15) is 5.76 Å². The molecule has 14 heavy (non-hydrogen) atoms. The molecule has 0 saturated heterocycles. The average Bonchev–Trinajstić information content (AvgIpc) is 2.72. The van der Waals surface area contributed by atoms with E-state index < -0.39 is 0 Å². The van der Waals surface area contributed by atoms with E-state index in [1.54, 1.807) is 6.26 Å². The molecule has 1 atom stereocenters. The minimum absolute atomic E-state index is 0.243. The standard InChI is InChI=1S/C12H17NO/c13-10-12(6-2-1-3-7-12)9-11-5-4-8-14-11/h1-2,4-5,8H,3,6-7,9-10,13H2. The maximum atomic E-state index is 5.88. The van der Waals surface area contributed by atoms with Crippen LogP contribution in [0.4, 0.5) is 0 Å². The molecule has 1 aromatic rings. The lowest BCUT2D eigenvalue weighted by Crippen LogP contribution is -2.33. The summed E-state index contributed by atoms with van der Waals surface area (Å²) < 4.78 is 5.38. The van der Waals surface area contributed by atoms with Crippen LogP contribution in [0.2, 0.25) is 0 Å². The highest BCUT2D eigenvalue weighted by Crippen LogP contribution is 2.35. The molecule has 0 saturated carbocycles. The second kappa shape index (κ2) is 4.01. The van der Waals surface area contributed by atoms with E-state index in [1.807, 2.05) is 12.1 Å². The first-order valence-electron chi connectivity index (χ1n) is 5.22. The second-order valence-corrected chi connectivity index (χ2v) is 4.17. The summed E-state index contributed by atoms with van der Waals surface area (Å²) in [6.07, 6.45) is 10.6. The maximum absolute atomic E-state index is 5.88. The van der Waals surface area contributed by atoms with Crippen molar-refractivity contribution in [2.24, 2.45) is 11.1 Å². The van der Waals surface area contributed by atoms with Gasteiger partial charge in [-0.2, -0.15) is 0 Å². The van der Waals surface area contributed by atoms with Gasteiger partial charge in [0.2, 0.25) is 0 Å². The van der Waals surface area contributed by atoms with E-state index >= 15 is 0 Å². The van der Waals surface area contributed by atoms with Gasteiger partial charge in [-0.3, -0.25) is 0 Å². The fourth-order valence-corrected chi connectivity index (χ4v) is 2.14. The largest absolute Gasteiger partial charge is 0.469 e. The van der Waals surface area contributed by atoms with Crippen LogP contribution < -0.4 is 5.73 Å². The van der Waals surface area contributed by atoms with E-state index in [9.17, 15) is 0 Å². The van der Waals surface area contributed by atoms with Gasteiger partial charge in [-0.25, -0.2) is 0 Å². The molecular formula is C12H17NO. The highest BCUT2D eigenvalue weighted by molar-refractivity contribution is 5.07. The Labute approximate surface area is 84.8 Å². The lowest BCUT2D eigenvalue weighted by Gasteiger charge is -2.32. The number of furan rings is 1. The molecule has 76 valence electrons. The Bertz CT molecular complexity index is 302. The van der Waals surface area contributed by atoms with Crippen LogP contribution in [0.3, 0.4) is 0 Å². The van der Waals surface area contributed by atoms with Gasteiger partial charge in [-0.15, -0.1) is 0 Å². The van der Waals surface area contributed by atoms with Crippen LogP contribution in [0, 0.1) is 5.41 Å². The zero-order chi connectivity index (χ0) is 9.86. The summed E-state index contributed by atoms with van der Waals surface area (Å²) in [4.78, 5) is 0. The van der Waals surface area contributed by atoms with Crippen molar-refractivity contribution in [1.29, 1.82) is 0 Å². The molecule has 0 amide bonds. The van der Waals surface area contributed by atoms with Crippen molar-refractivity contribution in [1.82, 2.24) is 0 Å². The monoisotopic (exact) mass is 191 g/mol. The fourth-order valence-electron chi connectivity index (χ4n) is 2.14. The number of allylic oxidation sites excluding steroid dienone is 2. The minimum atomic E-state index is 0.243. The van der Waals surface area contributed by atoms with E-state index in [0.717, 1.165) is 31.6 Å². The second-order valence-electron chi connectivity index (χ2n) is 4.17.